The molecule has 1 aromatic carbocycles. The molecule has 0 radical (unpaired) electrons. The summed E-state index contributed by atoms with van der Waals surface area (Å²) in [5.41, 5.74) is 1.85. The summed E-state index contributed by atoms with van der Waals surface area (Å²) >= 11 is 2.19. The first-order valence-electron chi connectivity index (χ1n) is 3.88. The number of rotatable bonds is 0. The number of fused-ring (bicyclic) bond motifs is 1. The summed E-state index contributed by atoms with van der Waals surface area (Å²) in [5, 5.41) is 19.0. The number of aliphatic hydroxyl groups is 1. The van der Waals surface area contributed by atoms with Crippen molar-refractivity contribution in [3.05, 3.63) is 26.8 Å². The Bertz CT molecular complexity index is 323. The van der Waals surface area contributed by atoms with Crippen LogP contribution in [0.15, 0.2) is 12.1 Å². The Morgan fingerprint density at radius 1 is 1.42 bits per heavy atom. The zero-order valence-corrected chi connectivity index (χ0v) is 8.58. The van der Waals surface area contributed by atoms with Gasteiger partial charge >= 0.3 is 0 Å². The minimum Gasteiger partial charge on any atom is -0.508 e. The molecule has 2 N–H and O–H groups in total. The van der Waals surface area contributed by atoms with Gasteiger partial charge in [0.1, 0.15) is 5.75 Å². The van der Waals surface area contributed by atoms with Crippen LogP contribution in [0.1, 0.15) is 23.7 Å². The molecule has 1 aliphatic rings. The van der Waals surface area contributed by atoms with E-state index in [0.29, 0.717) is 5.75 Å². The normalized spacial score (nSPS) is 21.0. The van der Waals surface area contributed by atoms with E-state index in [2.05, 4.69) is 22.6 Å². The second kappa shape index (κ2) is 2.88. The zero-order chi connectivity index (χ0) is 8.72. The Morgan fingerprint density at radius 3 is 2.83 bits per heavy atom. The molecule has 0 spiro atoms. The number of aliphatic hydroxyl groups excluding tert-OH is 1. The molecular formula is C9H9IO2. The summed E-state index contributed by atoms with van der Waals surface area (Å²) in [4.78, 5) is 0. The van der Waals surface area contributed by atoms with Crippen molar-refractivity contribution in [2.75, 3.05) is 0 Å². The predicted molar refractivity (Wildman–Crippen MR) is 54.1 cm³/mol. The monoisotopic (exact) mass is 276 g/mol. The van der Waals surface area contributed by atoms with Gasteiger partial charge in [-0.1, -0.05) is 0 Å². The Balaban J connectivity index is 2.64. The third kappa shape index (κ3) is 1.11. The molecule has 0 saturated carbocycles. The fourth-order valence-corrected chi connectivity index (χ4v) is 2.54. The van der Waals surface area contributed by atoms with Crippen LogP contribution >= 0.6 is 22.6 Å². The van der Waals surface area contributed by atoms with E-state index in [1.54, 1.807) is 6.07 Å². The first-order chi connectivity index (χ1) is 5.70. The van der Waals surface area contributed by atoms with Crippen molar-refractivity contribution < 1.29 is 10.2 Å². The van der Waals surface area contributed by atoms with Crippen LogP contribution in [0, 0.1) is 3.57 Å². The highest BCUT2D eigenvalue weighted by Gasteiger charge is 2.24. The van der Waals surface area contributed by atoms with E-state index in [1.165, 1.54) is 0 Å². The highest BCUT2D eigenvalue weighted by Crippen LogP contribution is 2.38. The van der Waals surface area contributed by atoms with Crippen LogP contribution in [0.3, 0.4) is 0 Å². The van der Waals surface area contributed by atoms with Gasteiger partial charge in [-0.05, 0) is 47.6 Å². The van der Waals surface area contributed by atoms with E-state index in [1.807, 2.05) is 6.07 Å². The molecule has 2 nitrogen and oxygen atoms in total. The molecular weight excluding hydrogens is 267 g/mol. The molecule has 1 unspecified atom stereocenters. The maximum Gasteiger partial charge on any atom is 0.119 e. The number of halogens is 1. The molecule has 3 heteroatoms. The van der Waals surface area contributed by atoms with Gasteiger partial charge in [0.25, 0.3) is 0 Å². The highest BCUT2D eigenvalue weighted by molar-refractivity contribution is 14.1. The topological polar surface area (TPSA) is 40.5 Å². The lowest BCUT2D eigenvalue weighted by atomic mass is 10.1. The van der Waals surface area contributed by atoms with Gasteiger partial charge in [0, 0.05) is 14.7 Å². The summed E-state index contributed by atoms with van der Waals surface area (Å²) in [6.45, 7) is 0. The van der Waals surface area contributed by atoms with Crippen molar-refractivity contribution in [1.82, 2.24) is 0 Å². The Labute approximate surface area is 84.4 Å². The van der Waals surface area contributed by atoms with Gasteiger partial charge in [-0.2, -0.15) is 0 Å². The summed E-state index contributed by atoms with van der Waals surface area (Å²) < 4.78 is 1.05. The number of benzene rings is 1. The van der Waals surface area contributed by atoms with Crippen LogP contribution in [-0.2, 0) is 6.42 Å². The van der Waals surface area contributed by atoms with Crippen LogP contribution in [0.4, 0.5) is 0 Å². The number of hydrogen-bond donors (Lipinski definition) is 2. The summed E-state index contributed by atoms with van der Waals surface area (Å²) in [6.07, 6.45) is 1.15. The zero-order valence-electron chi connectivity index (χ0n) is 6.42. The second-order valence-corrected chi connectivity index (χ2v) is 4.18. The van der Waals surface area contributed by atoms with Crippen molar-refractivity contribution in [1.29, 1.82) is 0 Å². The van der Waals surface area contributed by atoms with E-state index in [4.69, 9.17) is 0 Å². The maximum atomic E-state index is 9.57. The Morgan fingerprint density at radius 2 is 2.17 bits per heavy atom. The van der Waals surface area contributed by atoms with E-state index in [-0.39, 0.29) is 6.10 Å². The highest BCUT2D eigenvalue weighted by atomic mass is 127. The molecule has 1 aliphatic carbocycles. The van der Waals surface area contributed by atoms with E-state index >= 15 is 0 Å². The lowest BCUT2D eigenvalue weighted by Gasteiger charge is -2.07. The SMILES string of the molecule is Oc1ccc(I)c2c1CCC2O. The summed E-state index contributed by atoms with van der Waals surface area (Å²) in [7, 11) is 0. The van der Waals surface area contributed by atoms with Crippen molar-refractivity contribution in [3.63, 3.8) is 0 Å². The fourth-order valence-electron chi connectivity index (χ4n) is 1.67. The van der Waals surface area contributed by atoms with E-state index in [0.717, 1.165) is 27.5 Å². The van der Waals surface area contributed by atoms with Crippen LogP contribution in [-0.4, -0.2) is 10.2 Å². The average molecular weight is 276 g/mol. The molecule has 0 aliphatic heterocycles. The molecule has 12 heavy (non-hydrogen) atoms. The lowest BCUT2D eigenvalue weighted by molar-refractivity contribution is 0.179. The Hall–Kier alpha value is -0.290. The van der Waals surface area contributed by atoms with Crippen LogP contribution in [0.2, 0.25) is 0 Å². The maximum absolute atomic E-state index is 9.57. The standard InChI is InChI=1S/C9H9IO2/c10-6-2-4-7(11)5-1-3-8(12)9(5)6/h2,4,8,11-12H,1,3H2. The van der Waals surface area contributed by atoms with Crippen LogP contribution in [0.25, 0.3) is 0 Å². The molecule has 1 atom stereocenters. The molecule has 0 fully saturated rings. The number of hydrogen-bond acceptors (Lipinski definition) is 2. The van der Waals surface area contributed by atoms with Gasteiger partial charge in [-0.15, -0.1) is 0 Å². The van der Waals surface area contributed by atoms with Crippen LogP contribution < -0.4 is 0 Å². The first kappa shape index (κ1) is 8.31. The number of phenols is 1. The molecule has 0 amide bonds. The van der Waals surface area contributed by atoms with Gasteiger partial charge in [-0.3, -0.25) is 0 Å². The smallest absolute Gasteiger partial charge is 0.119 e. The van der Waals surface area contributed by atoms with Gasteiger partial charge in [0.05, 0.1) is 6.10 Å². The average Bonchev–Trinajstić information content (AvgIpc) is 2.42. The van der Waals surface area contributed by atoms with Crippen molar-refractivity contribution in [3.8, 4) is 5.75 Å². The molecule has 0 saturated heterocycles. The van der Waals surface area contributed by atoms with Gasteiger partial charge in [0.2, 0.25) is 0 Å². The van der Waals surface area contributed by atoms with Crippen LogP contribution in [0.5, 0.6) is 5.75 Å². The number of aromatic hydroxyl groups is 1. The number of phenolic OH excluding ortho intramolecular Hbond substituents is 1. The minimum atomic E-state index is -0.376. The predicted octanol–water partition coefficient (Wildman–Crippen LogP) is 1.98. The molecule has 0 aromatic heterocycles. The lowest BCUT2D eigenvalue weighted by Crippen LogP contribution is -1.93. The molecule has 0 bridgehead atoms. The molecule has 0 heterocycles. The van der Waals surface area contributed by atoms with Crippen molar-refractivity contribution >= 4 is 22.6 Å². The van der Waals surface area contributed by atoms with Gasteiger partial charge in [-0.25, -0.2) is 0 Å². The fraction of sp³-hybridized carbons (Fsp3) is 0.333. The Kier molecular flexibility index (Phi) is 2.00. The van der Waals surface area contributed by atoms with Gasteiger partial charge < -0.3 is 10.2 Å². The van der Waals surface area contributed by atoms with Gasteiger partial charge in [0.15, 0.2) is 0 Å². The summed E-state index contributed by atoms with van der Waals surface area (Å²) in [6, 6.07) is 3.53. The second-order valence-electron chi connectivity index (χ2n) is 3.01. The van der Waals surface area contributed by atoms with Crippen molar-refractivity contribution in [2.45, 2.75) is 18.9 Å². The van der Waals surface area contributed by atoms with E-state index in [9.17, 15) is 10.2 Å². The first-order valence-corrected chi connectivity index (χ1v) is 4.96. The van der Waals surface area contributed by atoms with Crippen molar-refractivity contribution in [2.24, 2.45) is 0 Å². The molecule has 64 valence electrons. The minimum absolute atomic E-state index is 0.321. The largest absolute Gasteiger partial charge is 0.508 e. The summed E-state index contributed by atoms with van der Waals surface area (Å²) in [5.74, 6) is 0.321. The third-order valence-electron chi connectivity index (χ3n) is 2.28. The molecule has 2 rings (SSSR count). The third-order valence-corrected chi connectivity index (χ3v) is 3.22. The molecule has 1 aromatic rings. The quantitative estimate of drug-likeness (QED) is 0.711. The van der Waals surface area contributed by atoms with E-state index < -0.39 is 0 Å².